The second-order valence-corrected chi connectivity index (χ2v) is 5.79. The van der Waals surface area contributed by atoms with Crippen molar-refractivity contribution in [3.05, 3.63) is 77.8 Å². The molecule has 0 unspecified atom stereocenters. The Morgan fingerprint density at radius 3 is 1.71 bits per heavy atom. The molecule has 0 saturated heterocycles. The minimum absolute atomic E-state index is 0.0938. The number of alkyl halides is 1. The third-order valence-corrected chi connectivity index (χ3v) is 3.87. The summed E-state index contributed by atoms with van der Waals surface area (Å²) in [7, 11) is 0. The molecule has 0 radical (unpaired) electrons. The first kappa shape index (κ1) is 20.3. The number of hydrogen-bond acceptors (Lipinski definition) is 5. The Bertz CT molecular complexity index is 694. The third-order valence-electron chi connectivity index (χ3n) is 2.79. The zero-order valence-corrected chi connectivity index (χ0v) is 15.1. The van der Waals surface area contributed by atoms with Crippen molar-refractivity contribution in [3.8, 4) is 0 Å². The highest BCUT2D eigenvalue weighted by atomic mass is 79.9. The lowest BCUT2D eigenvalue weighted by atomic mass is 10.2. The van der Waals surface area contributed by atoms with Gasteiger partial charge in [-0.1, -0.05) is 39.1 Å². The molecule has 2 rings (SSSR count). The molecular formula is C14H11BrCl2N2O5. The van der Waals surface area contributed by atoms with Crippen LogP contribution in [0.4, 0.5) is 11.4 Å². The van der Waals surface area contributed by atoms with Crippen LogP contribution in [0.15, 0.2) is 36.4 Å². The van der Waals surface area contributed by atoms with E-state index in [0.29, 0.717) is 20.9 Å². The van der Waals surface area contributed by atoms with Gasteiger partial charge in [-0.3, -0.25) is 20.2 Å². The van der Waals surface area contributed by atoms with Gasteiger partial charge < -0.3 is 5.11 Å². The maximum Gasteiger partial charge on any atom is 0.275 e. The van der Waals surface area contributed by atoms with E-state index in [2.05, 4.69) is 15.9 Å². The molecular weight excluding hydrogens is 427 g/mol. The van der Waals surface area contributed by atoms with E-state index in [4.69, 9.17) is 28.3 Å². The van der Waals surface area contributed by atoms with E-state index in [1.54, 1.807) is 6.07 Å². The molecule has 0 aliphatic rings. The second-order valence-electron chi connectivity index (χ2n) is 4.35. The molecule has 0 aliphatic carbocycles. The lowest BCUT2D eigenvalue weighted by Crippen LogP contribution is -1.94. The highest BCUT2D eigenvalue weighted by Gasteiger charge is 2.12. The van der Waals surface area contributed by atoms with Gasteiger partial charge >= 0.3 is 0 Å². The molecule has 0 aromatic heterocycles. The van der Waals surface area contributed by atoms with E-state index in [9.17, 15) is 20.2 Å². The van der Waals surface area contributed by atoms with Crippen molar-refractivity contribution in [2.45, 2.75) is 11.9 Å². The molecule has 128 valence electrons. The molecule has 0 atom stereocenters. The van der Waals surface area contributed by atoms with Gasteiger partial charge in [0.05, 0.1) is 22.0 Å². The SMILES string of the molecule is O=[N+]([O-])c1ccc(Cl)cc1CBr.O=[N+]([O-])c1ccc(Cl)cc1CO. The van der Waals surface area contributed by atoms with E-state index >= 15 is 0 Å². The maximum atomic E-state index is 10.4. The lowest BCUT2D eigenvalue weighted by molar-refractivity contribution is -0.385. The molecule has 7 nitrogen and oxygen atoms in total. The normalized spacial score (nSPS) is 9.83. The molecule has 0 bridgehead atoms. The molecule has 0 saturated carbocycles. The Balaban J connectivity index is 0.000000240. The van der Waals surface area contributed by atoms with E-state index in [1.807, 2.05) is 0 Å². The average molecular weight is 438 g/mol. The van der Waals surface area contributed by atoms with Gasteiger partial charge in [0, 0.05) is 33.1 Å². The van der Waals surface area contributed by atoms with Gasteiger partial charge in [-0.15, -0.1) is 0 Å². The van der Waals surface area contributed by atoms with E-state index < -0.39 is 9.85 Å². The smallest absolute Gasteiger partial charge is 0.275 e. The molecule has 10 heteroatoms. The summed E-state index contributed by atoms with van der Waals surface area (Å²) in [4.78, 5) is 19.8. The van der Waals surface area contributed by atoms with Gasteiger partial charge in [0.2, 0.25) is 0 Å². The van der Waals surface area contributed by atoms with E-state index in [1.165, 1.54) is 30.3 Å². The number of nitrogens with zero attached hydrogens (tertiary/aromatic N) is 2. The van der Waals surface area contributed by atoms with Crippen LogP contribution in [0, 0.1) is 20.2 Å². The summed E-state index contributed by atoms with van der Waals surface area (Å²) >= 11 is 14.4. The van der Waals surface area contributed by atoms with Crippen LogP contribution in [0.5, 0.6) is 0 Å². The minimum atomic E-state index is -0.554. The predicted molar refractivity (Wildman–Crippen MR) is 94.8 cm³/mol. The van der Waals surface area contributed by atoms with Crippen molar-refractivity contribution in [2.75, 3.05) is 0 Å². The van der Waals surface area contributed by atoms with E-state index in [-0.39, 0.29) is 23.5 Å². The largest absolute Gasteiger partial charge is 0.391 e. The van der Waals surface area contributed by atoms with Crippen molar-refractivity contribution >= 4 is 50.5 Å². The summed E-state index contributed by atoms with van der Waals surface area (Å²) in [6.45, 7) is -0.378. The summed E-state index contributed by atoms with van der Waals surface area (Å²) in [5.74, 6) is 0. The number of nitro groups is 2. The number of aliphatic hydroxyl groups excluding tert-OH is 1. The van der Waals surface area contributed by atoms with Crippen LogP contribution in [0.25, 0.3) is 0 Å². The van der Waals surface area contributed by atoms with Gasteiger partial charge in [-0.05, 0) is 24.3 Å². The number of aliphatic hydroxyl groups is 1. The fourth-order valence-electron chi connectivity index (χ4n) is 1.70. The molecule has 0 aliphatic heterocycles. The van der Waals surface area contributed by atoms with Gasteiger partial charge in [-0.2, -0.15) is 0 Å². The first-order valence-corrected chi connectivity index (χ1v) is 8.20. The summed E-state index contributed by atoms with van der Waals surface area (Å²) < 4.78 is 0. The molecule has 2 aromatic carbocycles. The third kappa shape index (κ3) is 5.72. The van der Waals surface area contributed by atoms with Gasteiger partial charge in [0.1, 0.15) is 0 Å². The molecule has 0 heterocycles. The fraction of sp³-hybridized carbons (Fsp3) is 0.143. The summed E-state index contributed by atoms with van der Waals surface area (Å²) in [5.41, 5.74) is 0.804. The van der Waals surface area contributed by atoms with Crippen molar-refractivity contribution < 1.29 is 15.0 Å². The van der Waals surface area contributed by atoms with Gasteiger partial charge in [-0.25, -0.2) is 0 Å². The zero-order chi connectivity index (χ0) is 18.3. The standard InChI is InChI=1S/C7H5BrClNO2.C7H6ClNO3/c8-4-5-3-6(9)1-2-7(5)10(11)12;8-6-1-2-7(9(11)12)5(3-6)4-10/h1-3H,4H2;1-3,10H,4H2. The number of benzene rings is 2. The average Bonchev–Trinajstić information content (AvgIpc) is 2.54. The van der Waals surface area contributed by atoms with Crippen LogP contribution < -0.4 is 0 Å². The number of halogens is 3. The van der Waals surface area contributed by atoms with E-state index in [0.717, 1.165) is 0 Å². The fourth-order valence-corrected chi connectivity index (χ4v) is 2.54. The zero-order valence-electron chi connectivity index (χ0n) is 12.0. The van der Waals surface area contributed by atoms with Crippen LogP contribution in [-0.4, -0.2) is 15.0 Å². The minimum Gasteiger partial charge on any atom is -0.391 e. The van der Waals surface area contributed by atoms with Crippen LogP contribution in [-0.2, 0) is 11.9 Å². The first-order chi connectivity index (χ1) is 11.3. The predicted octanol–water partition coefficient (Wildman–Crippen LogP) is 4.88. The van der Waals surface area contributed by atoms with Crippen molar-refractivity contribution in [2.24, 2.45) is 0 Å². The van der Waals surface area contributed by atoms with Gasteiger partial charge in [0.15, 0.2) is 0 Å². The second kappa shape index (κ2) is 9.53. The van der Waals surface area contributed by atoms with Crippen molar-refractivity contribution in [1.82, 2.24) is 0 Å². The molecule has 0 spiro atoms. The van der Waals surface area contributed by atoms with Crippen LogP contribution in [0.1, 0.15) is 11.1 Å². The quantitative estimate of drug-likeness (QED) is 0.416. The van der Waals surface area contributed by atoms with Crippen LogP contribution >= 0.6 is 39.1 Å². The highest BCUT2D eigenvalue weighted by molar-refractivity contribution is 9.08. The Morgan fingerprint density at radius 2 is 1.33 bits per heavy atom. The number of nitro benzene ring substituents is 2. The maximum absolute atomic E-state index is 10.4. The Hall–Kier alpha value is -1.74. The first-order valence-electron chi connectivity index (χ1n) is 6.32. The molecule has 24 heavy (non-hydrogen) atoms. The topological polar surface area (TPSA) is 107 Å². The Kier molecular flexibility index (Phi) is 8.06. The summed E-state index contributed by atoms with van der Waals surface area (Å²) in [5, 5.41) is 30.8. The number of hydrogen-bond donors (Lipinski definition) is 1. The van der Waals surface area contributed by atoms with Crippen molar-refractivity contribution in [1.29, 1.82) is 0 Å². The van der Waals surface area contributed by atoms with Crippen molar-refractivity contribution in [3.63, 3.8) is 0 Å². The van der Waals surface area contributed by atoms with Crippen LogP contribution in [0.3, 0.4) is 0 Å². The molecule has 0 fully saturated rings. The van der Waals surface area contributed by atoms with Gasteiger partial charge in [0.25, 0.3) is 11.4 Å². The Morgan fingerprint density at radius 1 is 0.917 bits per heavy atom. The monoisotopic (exact) mass is 436 g/mol. The summed E-state index contributed by atoms with van der Waals surface area (Å²) in [6.07, 6.45) is 0. The molecule has 2 aromatic rings. The number of rotatable bonds is 4. The summed E-state index contributed by atoms with van der Waals surface area (Å²) in [6, 6.07) is 8.55. The lowest BCUT2D eigenvalue weighted by Gasteiger charge is -1.98. The highest BCUT2D eigenvalue weighted by Crippen LogP contribution is 2.24. The Labute approximate surface area is 155 Å². The van der Waals surface area contributed by atoms with Crippen LogP contribution in [0.2, 0.25) is 10.0 Å². The molecule has 0 amide bonds. The molecule has 1 N–H and O–H groups in total.